The summed E-state index contributed by atoms with van der Waals surface area (Å²) in [6, 6.07) is 2.50. The second-order valence-corrected chi connectivity index (χ2v) is 4.55. The molecule has 0 aromatic heterocycles. The van der Waals surface area contributed by atoms with Crippen molar-refractivity contribution in [3.05, 3.63) is 29.6 Å². The molecule has 0 bridgehead atoms. The van der Waals surface area contributed by atoms with Crippen molar-refractivity contribution < 1.29 is 17.6 Å². The van der Waals surface area contributed by atoms with Crippen molar-refractivity contribution in [1.29, 1.82) is 0 Å². The molecule has 0 heterocycles. The predicted molar refractivity (Wildman–Crippen MR) is 59.4 cm³/mol. The van der Waals surface area contributed by atoms with E-state index in [9.17, 15) is 17.6 Å². The first-order valence-electron chi connectivity index (χ1n) is 5.30. The third-order valence-corrected chi connectivity index (χ3v) is 2.65. The third-order valence-electron chi connectivity index (χ3n) is 2.65. The largest absolute Gasteiger partial charge is 0.416 e. The van der Waals surface area contributed by atoms with Crippen molar-refractivity contribution in [2.24, 2.45) is 0 Å². The summed E-state index contributed by atoms with van der Waals surface area (Å²) < 4.78 is 50.4. The van der Waals surface area contributed by atoms with E-state index < -0.39 is 17.6 Å². The monoisotopic (exact) mass is 249 g/mol. The molecule has 0 saturated carbocycles. The molecule has 0 aliphatic rings. The van der Waals surface area contributed by atoms with Crippen LogP contribution in [0.15, 0.2) is 18.2 Å². The molecule has 0 aliphatic heterocycles. The molecule has 1 nitrogen and oxygen atoms in total. The Morgan fingerprint density at radius 2 is 1.76 bits per heavy atom. The average Bonchev–Trinajstić information content (AvgIpc) is 2.19. The van der Waals surface area contributed by atoms with E-state index in [1.165, 1.54) is 0 Å². The van der Waals surface area contributed by atoms with Crippen LogP contribution < -0.4 is 5.32 Å². The van der Waals surface area contributed by atoms with Crippen molar-refractivity contribution in [2.45, 2.75) is 38.9 Å². The van der Waals surface area contributed by atoms with E-state index in [1.54, 1.807) is 0 Å². The van der Waals surface area contributed by atoms with Crippen molar-refractivity contribution in [3.63, 3.8) is 0 Å². The lowest BCUT2D eigenvalue weighted by Gasteiger charge is -2.26. The lowest BCUT2D eigenvalue weighted by molar-refractivity contribution is -0.137. The van der Waals surface area contributed by atoms with E-state index in [0.717, 1.165) is 18.6 Å². The molecule has 96 valence electrons. The van der Waals surface area contributed by atoms with E-state index in [2.05, 4.69) is 5.32 Å². The maximum Gasteiger partial charge on any atom is 0.416 e. The van der Waals surface area contributed by atoms with E-state index >= 15 is 0 Å². The fraction of sp³-hybridized carbons (Fsp3) is 0.500. The molecule has 1 N–H and O–H groups in total. The summed E-state index contributed by atoms with van der Waals surface area (Å²) in [7, 11) is 0. The minimum Gasteiger partial charge on any atom is -0.378 e. The number of halogens is 4. The van der Waals surface area contributed by atoms with Gasteiger partial charge in [-0.1, -0.05) is 6.92 Å². The van der Waals surface area contributed by atoms with Crippen LogP contribution >= 0.6 is 0 Å². The number of hydrogen-bond acceptors (Lipinski definition) is 1. The Kier molecular flexibility index (Phi) is 3.69. The van der Waals surface area contributed by atoms with Crippen LogP contribution in [0.25, 0.3) is 0 Å². The molecule has 0 amide bonds. The molecule has 0 unspecified atom stereocenters. The van der Waals surface area contributed by atoms with Gasteiger partial charge in [0, 0.05) is 5.54 Å². The Hall–Kier alpha value is -1.26. The quantitative estimate of drug-likeness (QED) is 0.780. The number of rotatable bonds is 3. The number of anilines is 1. The van der Waals surface area contributed by atoms with Crippen LogP contribution in [0.3, 0.4) is 0 Å². The van der Waals surface area contributed by atoms with Gasteiger partial charge in [0.15, 0.2) is 0 Å². The van der Waals surface area contributed by atoms with Crippen LogP contribution in [-0.2, 0) is 6.18 Å². The van der Waals surface area contributed by atoms with E-state index in [0.29, 0.717) is 6.07 Å². The molecule has 0 saturated heterocycles. The maximum absolute atomic E-state index is 13.5. The van der Waals surface area contributed by atoms with Crippen LogP contribution in [0.5, 0.6) is 0 Å². The molecule has 0 aliphatic carbocycles. The summed E-state index contributed by atoms with van der Waals surface area (Å²) in [6.07, 6.45) is -3.78. The van der Waals surface area contributed by atoms with Gasteiger partial charge in [0.05, 0.1) is 11.3 Å². The summed E-state index contributed by atoms with van der Waals surface area (Å²) in [5, 5.41) is 2.87. The molecule has 0 radical (unpaired) electrons. The zero-order valence-electron chi connectivity index (χ0n) is 9.95. The van der Waals surface area contributed by atoms with Crippen LogP contribution in [0.4, 0.5) is 23.2 Å². The molecule has 1 rings (SSSR count). The maximum atomic E-state index is 13.5. The minimum atomic E-state index is -4.51. The fourth-order valence-electron chi connectivity index (χ4n) is 1.25. The molecular weight excluding hydrogens is 234 g/mol. The van der Waals surface area contributed by atoms with Gasteiger partial charge in [0.1, 0.15) is 5.82 Å². The van der Waals surface area contributed by atoms with Gasteiger partial charge in [0.2, 0.25) is 0 Å². The zero-order chi connectivity index (χ0) is 13.3. The van der Waals surface area contributed by atoms with Gasteiger partial charge < -0.3 is 5.32 Å². The first-order valence-corrected chi connectivity index (χ1v) is 5.30. The lowest BCUT2D eigenvalue weighted by atomic mass is 10.0. The smallest absolute Gasteiger partial charge is 0.378 e. The normalized spacial score (nSPS) is 12.6. The molecule has 0 atom stereocenters. The summed E-state index contributed by atoms with van der Waals surface area (Å²) >= 11 is 0. The third kappa shape index (κ3) is 3.61. The Labute approximate surface area is 97.8 Å². The van der Waals surface area contributed by atoms with Gasteiger partial charge in [-0.25, -0.2) is 4.39 Å². The number of hydrogen-bond donors (Lipinski definition) is 1. The second-order valence-electron chi connectivity index (χ2n) is 4.55. The number of nitrogens with one attached hydrogen (secondary N) is 1. The Balaban J connectivity index is 2.99. The van der Waals surface area contributed by atoms with Crippen LogP contribution in [0, 0.1) is 5.82 Å². The average molecular weight is 249 g/mol. The molecule has 17 heavy (non-hydrogen) atoms. The van der Waals surface area contributed by atoms with E-state index in [-0.39, 0.29) is 11.2 Å². The molecule has 1 aromatic carbocycles. The molecule has 5 heteroatoms. The molecule has 0 fully saturated rings. The van der Waals surface area contributed by atoms with E-state index in [4.69, 9.17) is 0 Å². The summed E-state index contributed by atoms with van der Waals surface area (Å²) in [6.45, 7) is 5.61. The van der Waals surface area contributed by atoms with Crippen molar-refractivity contribution in [3.8, 4) is 0 Å². The number of alkyl halides is 3. The van der Waals surface area contributed by atoms with Gasteiger partial charge in [-0.3, -0.25) is 0 Å². The Morgan fingerprint density at radius 3 is 2.18 bits per heavy atom. The predicted octanol–water partition coefficient (Wildman–Crippen LogP) is 4.45. The summed E-state index contributed by atoms with van der Waals surface area (Å²) in [5.41, 5.74) is -1.25. The summed E-state index contributed by atoms with van der Waals surface area (Å²) in [5.74, 6) is -0.888. The molecule has 1 aromatic rings. The van der Waals surface area contributed by atoms with Crippen LogP contribution in [-0.4, -0.2) is 5.54 Å². The first-order chi connectivity index (χ1) is 7.65. The van der Waals surface area contributed by atoms with Crippen molar-refractivity contribution >= 4 is 5.69 Å². The van der Waals surface area contributed by atoms with Gasteiger partial charge in [-0.15, -0.1) is 0 Å². The van der Waals surface area contributed by atoms with Gasteiger partial charge in [0.25, 0.3) is 0 Å². The van der Waals surface area contributed by atoms with Crippen molar-refractivity contribution in [1.82, 2.24) is 0 Å². The van der Waals surface area contributed by atoms with Crippen molar-refractivity contribution in [2.75, 3.05) is 5.32 Å². The highest BCUT2D eigenvalue weighted by atomic mass is 19.4. The lowest BCUT2D eigenvalue weighted by Crippen LogP contribution is -2.30. The fourth-order valence-corrected chi connectivity index (χ4v) is 1.25. The Bertz CT molecular complexity index is 396. The SMILES string of the molecule is CCC(C)(C)Nc1ccc(C(F)(F)F)cc1F. The van der Waals surface area contributed by atoms with Crippen LogP contribution in [0.2, 0.25) is 0 Å². The highest BCUT2D eigenvalue weighted by Gasteiger charge is 2.31. The Morgan fingerprint density at radius 1 is 1.18 bits per heavy atom. The number of benzene rings is 1. The minimum absolute atomic E-state index is 0.0878. The van der Waals surface area contributed by atoms with Gasteiger partial charge >= 0.3 is 6.18 Å². The highest BCUT2D eigenvalue weighted by molar-refractivity contribution is 5.48. The highest BCUT2D eigenvalue weighted by Crippen LogP contribution is 2.32. The first kappa shape index (κ1) is 13.8. The summed E-state index contributed by atoms with van der Waals surface area (Å²) in [4.78, 5) is 0. The standard InChI is InChI=1S/C12H15F4N/c1-4-11(2,3)17-10-6-5-8(7-9(10)13)12(14,15)16/h5-7,17H,4H2,1-3H3. The van der Waals surface area contributed by atoms with E-state index in [1.807, 2.05) is 20.8 Å². The molecule has 0 spiro atoms. The second kappa shape index (κ2) is 4.55. The topological polar surface area (TPSA) is 12.0 Å². The van der Waals surface area contributed by atoms with Gasteiger partial charge in [-0.2, -0.15) is 13.2 Å². The van der Waals surface area contributed by atoms with Crippen LogP contribution in [0.1, 0.15) is 32.8 Å². The molecular formula is C12H15F4N. The van der Waals surface area contributed by atoms with Gasteiger partial charge in [-0.05, 0) is 38.5 Å². The zero-order valence-corrected chi connectivity index (χ0v) is 9.95.